The molecule has 0 bridgehead atoms. The van der Waals surface area contributed by atoms with E-state index in [1.54, 1.807) is 0 Å². The molecule has 0 saturated heterocycles. The third kappa shape index (κ3) is 3.90. The molecule has 0 aliphatic heterocycles. The first-order valence-electron chi connectivity index (χ1n) is 5.16. The van der Waals surface area contributed by atoms with Crippen LogP contribution in [0, 0.1) is 12.0 Å². The largest absolute Gasteiger partial charge is 0.388 e. The fourth-order valence-corrected chi connectivity index (χ4v) is 5.83. The predicted octanol–water partition coefficient (Wildman–Crippen LogP) is 4.34. The standard InChI is InChI=1S/C11H18F3Si/c1-6-15(9(2)3,10(4)5)8-7-11(12,13)14/h9-10H,7-8H2,2-5H3. The first kappa shape index (κ1) is 14.6. The summed E-state index contributed by atoms with van der Waals surface area (Å²) >= 11 is 0. The summed E-state index contributed by atoms with van der Waals surface area (Å²) in [7, 11) is -2.34. The van der Waals surface area contributed by atoms with E-state index in [9.17, 15) is 13.2 Å². The van der Waals surface area contributed by atoms with E-state index in [1.807, 2.05) is 27.7 Å². The Labute approximate surface area is 91.3 Å². The zero-order valence-corrected chi connectivity index (χ0v) is 10.7. The summed E-state index contributed by atoms with van der Waals surface area (Å²) in [5.74, 6) is 0. The van der Waals surface area contributed by atoms with Crippen molar-refractivity contribution in [2.75, 3.05) is 0 Å². The highest BCUT2D eigenvalue weighted by atomic mass is 28.3. The minimum absolute atomic E-state index is 0.0926. The van der Waals surface area contributed by atoms with Gasteiger partial charge in [0.25, 0.3) is 0 Å². The molecule has 87 valence electrons. The van der Waals surface area contributed by atoms with E-state index in [2.05, 4.69) is 5.54 Å². The Morgan fingerprint density at radius 3 is 1.73 bits per heavy atom. The molecule has 0 N–H and O–H groups in total. The van der Waals surface area contributed by atoms with Crippen molar-refractivity contribution in [2.45, 2.75) is 57.4 Å². The average Bonchev–Trinajstić information content (AvgIpc) is 2.02. The molecule has 0 spiro atoms. The van der Waals surface area contributed by atoms with E-state index in [4.69, 9.17) is 6.42 Å². The Hall–Kier alpha value is -0.433. The van der Waals surface area contributed by atoms with Crippen LogP contribution in [0.25, 0.3) is 0 Å². The Morgan fingerprint density at radius 1 is 1.13 bits per heavy atom. The summed E-state index contributed by atoms with van der Waals surface area (Å²) in [6.45, 7) is 7.63. The van der Waals surface area contributed by atoms with Gasteiger partial charge >= 0.3 is 6.18 Å². The first-order valence-corrected chi connectivity index (χ1v) is 7.52. The summed E-state index contributed by atoms with van der Waals surface area (Å²) in [6.07, 6.45) is 2.43. The van der Waals surface area contributed by atoms with Crippen molar-refractivity contribution < 1.29 is 13.2 Å². The van der Waals surface area contributed by atoms with E-state index >= 15 is 0 Å². The monoisotopic (exact) mass is 235 g/mol. The van der Waals surface area contributed by atoms with Crippen molar-refractivity contribution in [2.24, 2.45) is 0 Å². The first-order chi connectivity index (χ1) is 6.65. The van der Waals surface area contributed by atoms with Crippen molar-refractivity contribution in [3.8, 4) is 5.54 Å². The van der Waals surface area contributed by atoms with Crippen LogP contribution in [0.5, 0.6) is 0 Å². The van der Waals surface area contributed by atoms with E-state index in [0.29, 0.717) is 0 Å². The van der Waals surface area contributed by atoms with E-state index in [1.165, 1.54) is 0 Å². The number of rotatable bonds is 4. The van der Waals surface area contributed by atoms with Crippen LogP contribution in [0.1, 0.15) is 34.1 Å². The second-order valence-electron chi connectivity index (χ2n) is 4.59. The van der Waals surface area contributed by atoms with Gasteiger partial charge in [-0.05, 0) is 23.5 Å². The van der Waals surface area contributed by atoms with Crippen LogP contribution >= 0.6 is 0 Å². The number of alkyl halides is 3. The molecule has 0 nitrogen and oxygen atoms in total. The molecule has 0 saturated carbocycles. The molecule has 0 aromatic carbocycles. The Bertz CT molecular complexity index is 227. The lowest BCUT2D eigenvalue weighted by molar-refractivity contribution is -0.130. The van der Waals surface area contributed by atoms with Crippen LogP contribution in [0.4, 0.5) is 13.2 Å². The summed E-state index contributed by atoms with van der Waals surface area (Å²) in [5, 5.41) is 0. The molecule has 0 aliphatic rings. The molecule has 1 radical (unpaired) electrons. The van der Waals surface area contributed by atoms with Gasteiger partial charge in [-0.2, -0.15) is 13.2 Å². The molecule has 4 heteroatoms. The lowest BCUT2D eigenvalue weighted by atomic mass is 10.5. The van der Waals surface area contributed by atoms with Crippen molar-refractivity contribution in [3.05, 3.63) is 6.42 Å². The van der Waals surface area contributed by atoms with Crippen LogP contribution in [0.15, 0.2) is 0 Å². The minimum Gasteiger partial charge on any atom is -0.171 e. The number of halogens is 3. The molecule has 0 heterocycles. The molecule has 0 aromatic rings. The lowest BCUT2D eigenvalue weighted by Gasteiger charge is -2.34. The maximum atomic E-state index is 12.2. The molecular formula is C11H18F3Si. The molecule has 15 heavy (non-hydrogen) atoms. The minimum atomic E-state index is -4.11. The highest BCUT2D eigenvalue weighted by molar-refractivity contribution is 6.89. The van der Waals surface area contributed by atoms with Crippen molar-refractivity contribution >= 4 is 8.07 Å². The van der Waals surface area contributed by atoms with Gasteiger partial charge in [-0.15, -0.1) is 5.54 Å². The van der Waals surface area contributed by atoms with Crippen LogP contribution in [0.2, 0.25) is 17.1 Å². The molecule has 0 amide bonds. The van der Waals surface area contributed by atoms with Crippen molar-refractivity contribution in [3.63, 3.8) is 0 Å². The van der Waals surface area contributed by atoms with Gasteiger partial charge in [0.15, 0.2) is 0 Å². The van der Waals surface area contributed by atoms with Gasteiger partial charge in [-0.25, -0.2) is 0 Å². The Morgan fingerprint density at radius 2 is 1.53 bits per heavy atom. The maximum Gasteiger partial charge on any atom is 0.388 e. The van der Waals surface area contributed by atoms with Gasteiger partial charge in [0, 0.05) is 6.42 Å². The van der Waals surface area contributed by atoms with Gasteiger partial charge in [0.2, 0.25) is 0 Å². The summed E-state index contributed by atoms with van der Waals surface area (Å²) in [4.78, 5) is 0. The average molecular weight is 235 g/mol. The van der Waals surface area contributed by atoms with Gasteiger partial charge in [-0.3, -0.25) is 0 Å². The fourth-order valence-electron chi connectivity index (χ4n) is 1.94. The molecule has 0 aromatic heterocycles. The van der Waals surface area contributed by atoms with Crippen LogP contribution in [0.3, 0.4) is 0 Å². The molecule has 0 atom stereocenters. The van der Waals surface area contributed by atoms with Gasteiger partial charge in [0.1, 0.15) is 8.07 Å². The fraction of sp³-hybridized carbons (Fsp3) is 0.818. The molecule has 0 aliphatic carbocycles. The van der Waals surface area contributed by atoms with Gasteiger partial charge in [0.05, 0.1) is 0 Å². The zero-order chi connectivity index (χ0) is 12.3. The lowest BCUT2D eigenvalue weighted by Crippen LogP contribution is -2.40. The van der Waals surface area contributed by atoms with Crippen LogP contribution in [-0.4, -0.2) is 14.3 Å². The quantitative estimate of drug-likeness (QED) is 0.502. The molecule has 0 rings (SSSR count). The van der Waals surface area contributed by atoms with Crippen molar-refractivity contribution in [1.82, 2.24) is 0 Å². The smallest absolute Gasteiger partial charge is 0.171 e. The predicted molar refractivity (Wildman–Crippen MR) is 58.6 cm³/mol. The van der Waals surface area contributed by atoms with Crippen molar-refractivity contribution in [1.29, 1.82) is 0 Å². The van der Waals surface area contributed by atoms with Crippen LogP contribution in [-0.2, 0) is 0 Å². The highest BCUT2D eigenvalue weighted by Crippen LogP contribution is 2.38. The third-order valence-corrected chi connectivity index (χ3v) is 8.78. The van der Waals surface area contributed by atoms with E-state index in [0.717, 1.165) is 0 Å². The maximum absolute atomic E-state index is 12.2. The Kier molecular flexibility index (Phi) is 4.92. The SMILES string of the molecule is [C]#C[Si](CCC(F)(F)F)(C(C)C)C(C)C. The number of hydrogen-bond donors (Lipinski definition) is 0. The third-order valence-electron chi connectivity index (χ3n) is 3.12. The van der Waals surface area contributed by atoms with E-state index < -0.39 is 20.7 Å². The van der Waals surface area contributed by atoms with E-state index in [-0.39, 0.29) is 17.1 Å². The van der Waals surface area contributed by atoms with Crippen LogP contribution < -0.4 is 0 Å². The van der Waals surface area contributed by atoms with Gasteiger partial charge < -0.3 is 0 Å². The normalized spacial score (nSPS) is 13.3. The Balaban J connectivity index is 4.75. The zero-order valence-electron chi connectivity index (χ0n) is 9.70. The summed E-state index contributed by atoms with van der Waals surface area (Å²) in [6, 6.07) is 0.0926. The molecule has 0 fully saturated rings. The molecular weight excluding hydrogens is 217 g/mol. The number of hydrogen-bond acceptors (Lipinski definition) is 0. The second-order valence-corrected chi connectivity index (χ2v) is 9.73. The summed E-state index contributed by atoms with van der Waals surface area (Å²) < 4.78 is 36.5. The highest BCUT2D eigenvalue weighted by Gasteiger charge is 2.42. The topological polar surface area (TPSA) is 0 Å². The molecule has 0 unspecified atom stereocenters. The second kappa shape index (κ2) is 5.07. The summed E-state index contributed by atoms with van der Waals surface area (Å²) in [5.41, 5.74) is 2.75. The van der Waals surface area contributed by atoms with Gasteiger partial charge in [-0.1, -0.05) is 27.7 Å².